The fourth-order valence-electron chi connectivity index (χ4n) is 2.28. The molecule has 0 aliphatic heterocycles. The Hall–Kier alpha value is -2.56. The number of halogens is 1. The highest BCUT2D eigenvalue weighted by Gasteiger charge is 2.09. The van der Waals surface area contributed by atoms with Crippen molar-refractivity contribution in [3.8, 4) is 5.75 Å². The van der Waals surface area contributed by atoms with Crippen LogP contribution in [-0.4, -0.2) is 12.6 Å². The number of hydrogen-bond acceptors (Lipinski definition) is 2. The molecular formula is C19H23FN2O2. The molecule has 1 unspecified atom stereocenters. The van der Waals surface area contributed by atoms with Crippen LogP contribution in [0.1, 0.15) is 36.6 Å². The van der Waals surface area contributed by atoms with Gasteiger partial charge in [0.1, 0.15) is 11.6 Å². The van der Waals surface area contributed by atoms with Gasteiger partial charge in [-0.1, -0.05) is 24.3 Å². The average Bonchev–Trinajstić information content (AvgIpc) is 2.57. The molecule has 0 spiro atoms. The van der Waals surface area contributed by atoms with Crippen molar-refractivity contribution in [1.82, 2.24) is 10.6 Å². The lowest BCUT2D eigenvalue weighted by molar-refractivity contribution is 0.237. The third kappa shape index (κ3) is 4.98. The van der Waals surface area contributed by atoms with Gasteiger partial charge in [0.05, 0.1) is 12.6 Å². The fraction of sp³-hybridized carbons (Fsp3) is 0.316. The molecule has 2 N–H and O–H groups in total. The first-order valence-electron chi connectivity index (χ1n) is 8.01. The Morgan fingerprint density at radius 3 is 2.54 bits per heavy atom. The van der Waals surface area contributed by atoms with Gasteiger partial charge in [-0.15, -0.1) is 0 Å². The van der Waals surface area contributed by atoms with Gasteiger partial charge in [0.15, 0.2) is 0 Å². The van der Waals surface area contributed by atoms with Crippen LogP contribution in [0, 0.1) is 12.7 Å². The molecule has 2 aromatic rings. The first kappa shape index (κ1) is 17.8. The number of rotatable bonds is 6. The summed E-state index contributed by atoms with van der Waals surface area (Å²) in [5, 5.41) is 5.60. The fourth-order valence-corrected chi connectivity index (χ4v) is 2.28. The van der Waals surface area contributed by atoms with Crippen molar-refractivity contribution in [3.63, 3.8) is 0 Å². The summed E-state index contributed by atoms with van der Waals surface area (Å²) in [6.45, 7) is 6.44. The second-order valence-corrected chi connectivity index (χ2v) is 5.63. The molecule has 0 saturated carbocycles. The zero-order chi connectivity index (χ0) is 17.5. The summed E-state index contributed by atoms with van der Waals surface area (Å²) in [6, 6.07) is 12.1. The molecule has 128 valence electrons. The van der Waals surface area contributed by atoms with Crippen molar-refractivity contribution in [2.24, 2.45) is 0 Å². The molecule has 0 aliphatic rings. The summed E-state index contributed by atoms with van der Waals surface area (Å²) in [5.41, 5.74) is 2.30. The number of amides is 2. The standard InChI is InChI=1S/C19H23FN2O2/c1-4-24-17-9-7-16(8-10-17)14(3)22-19(23)21-12-15-6-5-13(2)18(20)11-15/h5-11,14H,4,12H2,1-3H3,(H2,21,22,23). The maximum atomic E-state index is 13.5. The minimum Gasteiger partial charge on any atom is -0.494 e. The van der Waals surface area contributed by atoms with Crippen LogP contribution in [-0.2, 0) is 6.54 Å². The molecule has 5 heteroatoms. The summed E-state index contributed by atoms with van der Waals surface area (Å²) in [5.74, 6) is 0.539. The zero-order valence-electron chi connectivity index (χ0n) is 14.2. The molecule has 0 heterocycles. The van der Waals surface area contributed by atoms with Crippen LogP contribution in [0.4, 0.5) is 9.18 Å². The van der Waals surface area contributed by atoms with E-state index in [1.807, 2.05) is 38.1 Å². The minimum atomic E-state index is -0.294. The molecule has 0 radical (unpaired) electrons. The highest BCUT2D eigenvalue weighted by Crippen LogP contribution is 2.17. The SMILES string of the molecule is CCOc1ccc(C(C)NC(=O)NCc2ccc(C)c(F)c2)cc1. The van der Waals surface area contributed by atoms with Crippen LogP contribution in [0.3, 0.4) is 0 Å². The second kappa shape index (κ2) is 8.34. The Balaban J connectivity index is 1.85. The molecule has 24 heavy (non-hydrogen) atoms. The highest BCUT2D eigenvalue weighted by atomic mass is 19.1. The van der Waals surface area contributed by atoms with Crippen molar-refractivity contribution in [3.05, 3.63) is 65.0 Å². The van der Waals surface area contributed by atoms with Crippen LogP contribution >= 0.6 is 0 Å². The van der Waals surface area contributed by atoms with Gasteiger partial charge in [-0.25, -0.2) is 9.18 Å². The van der Waals surface area contributed by atoms with E-state index < -0.39 is 0 Å². The smallest absolute Gasteiger partial charge is 0.315 e. The largest absolute Gasteiger partial charge is 0.494 e. The summed E-state index contributed by atoms with van der Waals surface area (Å²) in [6.07, 6.45) is 0. The first-order valence-corrected chi connectivity index (χ1v) is 8.01. The van der Waals surface area contributed by atoms with Crippen LogP contribution in [0.5, 0.6) is 5.75 Å². The number of aryl methyl sites for hydroxylation is 1. The van der Waals surface area contributed by atoms with E-state index in [2.05, 4.69) is 10.6 Å². The number of carbonyl (C=O) groups is 1. The summed E-state index contributed by atoms with van der Waals surface area (Å²) < 4.78 is 18.9. The van der Waals surface area contributed by atoms with E-state index in [1.54, 1.807) is 19.1 Å². The van der Waals surface area contributed by atoms with E-state index >= 15 is 0 Å². The van der Waals surface area contributed by atoms with E-state index in [1.165, 1.54) is 6.07 Å². The predicted octanol–water partition coefficient (Wildman–Crippen LogP) is 4.09. The monoisotopic (exact) mass is 330 g/mol. The second-order valence-electron chi connectivity index (χ2n) is 5.63. The third-order valence-corrected chi connectivity index (χ3v) is 3.73. The van der Waals surface area contributed by atoms with Gasteiger partial charge < -0.3 is 15.4 Å². The zero-order valence-corrected chi connectivity index (χ0v) is 14.2. The van der Waals surface area contributed by atoms with Gasteiger partial charge in [-0.05, 0) is 55.7 Å². The van der Waals surface area contributed by atoms with E-state index in [-0.39, 0.29) is 24.4 Å². The van der Waals surface area contributed by atoms with E-state index in [9.17, 15) is 9.18 Å². The van der Waals surface area contributed by atoms with Crippen molar-refractivity contribution in [2.75, 3.05) is 6.61 Å². The van der Waals surface area contributed by atoms with Gasteiger partial charge in [0.25, 0.3) is 0 Å². The summed E-state index contributed by atoms with van der Waals surface area (Å²) in [4.78, 5) is 12.0. The quantitative estimate of drug-likeness (QED) is 0.838. The molecule has 0 aliphatic carbocycles. The van der Waals surface area contributed by atoms with Crippen molar-refractivity contribution in [2.45, 2.75) is 33.4 Å². The Bertz CT molecular complexity index is 686. The van der Waals surface area contributed by atoms with E-state index in [0.29, 0.717) is 12.2 Å². The van der Waals surface area contributed by atoms with Crippen molar-refractivity contribution in [1.29, 1.82) is 0 Å². The number of urea groups is 1. The van der Waals surface area contributed by atoms with Gasteiger partial charge in [-0.3, -0.25) is 0 Å². The lowest BCUT2D eigenvalue weighted by Crippen LogP contribution is -2.36. The lowest BCUT2D eigenvalue weighted by atomic mass is 10.1. The molecular weight excluding hydrogens is 307 g/mol. The number of ether oxygens (including phenoxy) is 1. The average molecular weight is 330 g/mol. The Labute approximate surface area is 142 Å². The molecule has 2 amide bonds. The molecule has 0 aromatic heterocycles. The normalized spacial score (nSPS) is 11.7. The van der Waals surface area contributed by atoms with Crippen LogP contribution < -0.4 is 15.4 Å². The Kier molecular flexibility index (Phi) is 6.18. The number of benzene rings is 2. The van der Waals surface area contributed by atoms with Gasteiger partial charge >= 0.3 is 6.03 Å². The summed E-state index contributed by atoms with van der Waals surface area (Å²) >= 11 is 0. The molecule has 0 fully saturated rings. The van der Waals surface area contributed by atoms with E-state index in [4.69, 9.17) is 4.74 Å². The topological polar surface area (TPSA) is 50.4 Å². The number of hydrogen-bond donors (Lipinski definition) is 2. The molecule has 0 bridgehead atoms. The van der Waals surface area contributed by atoms with Crippen molar-refractivity contribution < 1.29 is 13.9 Å². The predicted molar refractivity (Wildman–Crippen MR) is 92.5 cm³/mol. The Morgan fingerprint density at radius 2 is 1.92 bits per heavy atom. The van der Waals surface area contributed by atoms with Gasteiger partial charge in [0, 0.05) is 6.54 Å². The maximum absolute atomic E-state index is 13.5. The van der Waals surface area contributed by atoms with Gasteiger partial charge in [-0.2, -0.15) is 0 Å². The molecule has 2 aromatic carbocycles. The van der Waals surface area contributed by atoms with Crippen LogP contribution in [0.15, 0.2) is 42.5 Å². The summed E-state index contributed by atoms with van der Waals surface area (Å²) in [7, 11) is 0. The highest BCUT2D eigenvalue weighted by molar-refractivity contribution is 5.74. The van der Waals surface area contributed by atoms with Gasteiger partial charge in [0.2, 0.25) is 0 Å². The first-order chi connectivity index (χ1) is 11.5. The van der Waals surface area contributed by atoms with Crippen LogP contribution in [0.25, 0.3) is 0 Å². The molecule has 1 atom stereocenters. The lowest BCUT2D eigenvalue weighted by Gasteiger charge is -2.16. The maximum Gasteiger partial charge on any atom is 0.315 e. The molecule has 4 nitrogen and oxygen atoms in total. The number of nitrogens with one attached hydrogen (secondary N) is 2. The minimum absolute atomic E-state index is 0.143. The third-order valence-electron chi connectivity index (χ3n) is 3.73. The van der Waals surface area contributed by atoms with Crippen LogP contribution in [0.2, 0.25) is 0 Å². The van der Waals surface area contributed by atoms with Crippen molar-refractivity contribution >= 4 is 6.03 Å². The van der Waals surface area contributed by atoms with E-state index in [0.717, 1.165) is 16.9 Å². The molecule has 2 rings (SSSR count). The Morgan fingerprint density at radius 1 is 1.21 bits per heavy atom. The molecule has 0 saturated heterocycles. The number of carbonyl (C=O) groups excluding carboxylic acids is 1.